The first-order valence-corrected chi connectivity index (χ1v) is 5.42. The average Bonchev–Trinajstić information content (AvgIpc) is 2.07. The van der Waals surface area contributed by atoms with Crippen molar-refractivity contribution in [3.8, 4) is 0 Å². The zero-order valence-electron chi connectivity index (χ0n) is 8.02. The second-order valence-electron chi connectivity index (χ2n) is 3.23. The van der Waals surface area contributed by atoms with E-state index in [0.29, 0.717) is 5.69 Å². The summed E-state index contributed by atoms with van der Waals surface area (Å²) in [4.78, 5) is 18.6. The van der Waals surface area contributed by atoms with E-state index in [4.69, 9.17) is 0 Å². The van der Waals surface area contributed by atoms with Gasteiger partial charge in [-0.2, -0.15) is 0 Å². The lowest BCUT2D eigenvalue weighted by atomic mass is 10.1. The molecule has 0 radical (unpaired) electrons. The minimum Gasteiger partial charge on any atom is -0.322 e. The lowest BCUT2D eigenvalue weighted by molar-refractivity contribution is 0.775. The number of hydrogen-bond donors (Lipinski definition) is 1. The molecule has 0 fully saturated rings. The zero-order valence-corrected chi connectivity index (χ0v) is 10.2. The summed E-state index contributed by atoms with van der Waals surface area (Å²) >= 11 is 2.15. The molecule has 1 heterocycles. The normalized spacial score (nSPS) is 10.8. The van der Waals surface area contributed by atoms with Crippen LogP contribution in [0, 0.1) is 3.70 Å². The molecule has 0 saturated heterocycles. The van der Waals surface area contributed by atoms with Crippen molar-refractivity contribution in [2.45, 2.75) is 33.1 Å². The Balaban J connectivity index is 3.29. The van der Waals surface area contributed by atoms with E-state index in [-0.39, 0.29) is 11.5 Å². The fourth-order valence-electron chi connectivity index (χ4n) is 1.10. The third-order valence-corrected chi connectivity index (χ3v) is 2.76. The van der Waals surface area contributed by atoms with Gasteiger partial charge in [0, 0.05) is 11.6 Å². The Labute approximate surface area is 91.1 Å². The summed E-state index contributed by atoms with van der Waals surface area (Å²) in [6.07, 6.45) is 0.818. The summed E-state index contributed by atoms with van der Waals surface area (Å²) in [6.45, 7) is 5.95. The van der Waals surface area contributed by atoms with Crippen LogP contribution in [-0.4, -0.2) is 9.97 Å². The van der Waals surface area contributed by atoms with Crippen molar-refractivity contribution < 1.29 is 0 Å². The standard InChI is InChI=1S/C9H13IN2O/c1-4-6-8(10)12-7(5(2)3)9(13)11-6/h5H,4H2,1-3H3,(H,11,13). The van der Waals surface area contributed by atoms with Crippen molar-refractivity contribution >= 4 is 22.6 Å². The van der Waals surface area contributed by atoms with Gasteiger partial charge >= 0.3 is 0 Å². The van der Waals surface area contributed by atoms with Crippen molar-refractivity contribution in [3.05, 3.63) is 25.4 Å². The molecular weight excluding hydrogens is 279 g/mol. The second-order valence-corrected chi connectivity index (χ2v) is 4.25. The number of aromatic amines is 1. The Hall–Kier alpha value is -0.390. The topological polar surface area (TPSA) is 45.8 Å². The Morgan fingerprint density at radius 3 is 2.62 bits per heavy atom. The van der Waals surface area contributed by atoms with Crippen LogP contribution in [-0.2, 0) is 6.42 Å². The van der Waals surface area contributed by atoms with Crippen LogP contribution in [0.5, 0.6) is 0 Å². The summed E-state index contributed by atoms with van der Waals surface area (Å²) in [7, 11) is 0. The molecule has 0 aliphatic rings. The SMILES string of the molecule is CCc1[nH]c(=O)c(C(C)C)nc1I. The van der Waals surface area contributed by atoms with Gasteiger partial charge in [-0.15, -0.1) is 0 Å². The maximum Gasteiger partial charge on any atom is 0.270 e. The number of aromatic nitrogens is 2. The quantitative estimate of drug-likeness (QED) is 0.848. The lowest BCUT2D eigenvalue weighted by Gasteiger charge is -2.06. The molecule has 0 unspecified atom stereocenters. The van der Waals surface area contributed by atoms with Crippen molar-refractivity contribution in [2.75, 3.05) is 0 Å². The van der Waals surface area contributed by atoms with Crippen LogP contribution in [0.4, 0.5) is 0 Å². The third kappa shape index (κ3) is 2.30. The fourth-order valence-corrected chi connectivity index (χ4v) is 1.88. The minimum atomic E-state index is -0.0488. The predicted molar refractivity (Wildman–Crippen MR) is 61.0 cm³/mol. The number of aryl methyl sites for hydroxylation is 1. The van der Waals surface area contributed by atoms with Crippen LogP contribution < -0.4 is 5.56 Å². The molecular formula is C9H13IN2O. The molecule has 0 aliphatic heterocycles. The van der Waals surface area contributed by atoms with E-state index >= 15 is 0 Å². The molecule has 0 amide bonds. The number of nitrogens with one attached hydrogen (secondary N) is 1. The molecule has 72 valence electrons. The highest BCUT2D eigenvalue weighted by Crippen LogP contribution is 2.10. The molecule has 4 heteroatoms. The van der Waals surface area contributed by atoms with Crippen molar-refractivity contribution in [3.63, 3.8) is 0 Å². The van der Waals surface area contributed by atoms with Gasteiger partial charge < -0.3 is 4.98 Å². The largest absolute Gasteiger partial charge is 0.322 e. The van der Waals surface area contributed by atoms with Crippen LogP contribution >= 0.6 is 22.6 Å². The van der Waals surface area contributed by atoms with Gasteiger partial charge in [0.2, 0.25) is 0 Å². The summed E-state index contributed by atoms with van der Waals surface area (Å²) in [6, 6.07) is 0. The van der Waals surface area contributed by atoms with Gasteiger partial charge in [0.25, 0.3) is 5.56 Å². The first-order chi connectivity index (χ1) is 6.06. The Kier molecular flexibility index (Phi) is 3.47. The first-order valence-electron chi connectivity index (χ1n) is 4.34. The zero-order chi connectivity index (χ0) is 10.0. The summed E-state index contributed by atoms with van der Waals surface area (Å²) in [5.41, 5.74) is 1.50. The van der Waals surface area contributed by atoms with Gasteiger partial charge in [-0.25, -0.2) is 4.98 Å². The highest BCUT2D eigenvalue weighted by Gasteiger charge is 2.09. The van der Waals surface area contributed by atoms with E-state index < -0.39 is 0 Å². The van der Waals surface area contributed by atoms with E-state index in [9.17, 15) is 4.79 Å². The molecule has 0 bridgehead atoms. The smallest absolute Gasteiger partial charge is 0.270 e. The van der Waals surface area contributed by atoms with Gasteiger partial charge in [-0.05, 0) is 29.0 Å². The van der Waals surface area contributed by atoms with Crippen molar-refractivity contribution in [1.29, 1.82) is 0 Å². The van der Waals surface area contributed by atoms with Gasteiger partial charge in [0.05, 0.1) is 0 Å². The molecule has 0 atom stereocenters. The van der Waals surface area contributed by atoms with Gasteiger partial charge in [-0.3, -0.25) is 4.79 Å². The lowest BCUT2D eigenvalue weighted by Crippen LogP contribution is -2.19. The monoisotopic (exact) mass is 292 g/mol. The predicted octanol–water partition coefficient (Wildman–Crippen LogP) is 2.06. The number of halogens is 1. The van der Waals surface area contributed by atoms with E-state index in [1.165, 1.54) is 0 Å². The van der Waals surface area contributed by atoms with Crippen molar-refractivity contribution in [2.24, 2.45) is 0 Å². The minimum absolute atomic E-state index is 0.0488. The van der Waals surface area contributed by atoms with E-state index in [0.717, 1.165) is 15.8 Å². The molecule has 1 N–H and O–H groups in total. The van der Waals surface area contributed by atoms with Crippen LogP contribution in [0.15, 0.2) is 4.79 Å². The van der Waals surface area contributed by atoms with Crippen LogP contribution in [0.3, 0.4) is 0 Å². The number of nitrogens with zero attached hydrogens (tertiary/aromatic N) is 1. The Morgan fingerprint density at radius 1 is 1.54 bits per heavy atom. The van der Waals surface area contributed by atoms with Crippen LogP contribution in [0.1, 0.15) is 38.1 Å². The van der Waals surface area contributed by atoms with Crippen LogP contribution in [0.2, 0.25) is 0 Å². The second kappa shape index (κ2) is 4.21. The average molecular weight is 292 g/mol. The summed E-state index contributed by atoms with van der Waals surface area (Å²) in [5.74, 6) is 0.183. The highest BCUT2D eigenvalue weighted by molar-refractivity contribution is 14.1. The van der Waals surface area contributed by atoms with Gasteiger partial charge in [0.15, 0.2) is 0 Å². The third-order valence-electron chi connectivity index (χ3n) is 1.87. The van der Waals surface area contributed by atoms with Gasteiger partial charge in [0.1, 0.15) is 9.39 Å². The Bertz CT molecular complexity index is 357. The van der Waals surface area contributed by atoms with E-state index in [2.05, 4.69) is 32.6 Å². The fraction of sp³-hybridized carbons (Fsp3) is 0.556. The summed E-state index contributed by atoms with van der Waals surface area (Å²) < 4.78 is 0.906. The molecule has 1 rings (SSSR count). The molecule has 1 aromatic rings. The molecule has 0 saturated carbocycles. The molecule has 3 nitrogen and oxygen atoms in total. The molecule has 0 spiro atoms. The maximum absolute atomic E-state index is 11.5. The Morgan fingerprint density at radius 2 is 2.15 bits per heavy atom. The number of hydrogen-bond acceptors (Lipinski definition) is 2. The first kappa shape index (κ1) is 10.7. The van der Waals surface area contributed by atoms with Gasteiger partial charge in [-0.1, -0.05) is 20.8 Å². The van der Waals surface area contributed by atoms with Crippen molar-refractivity contribution in [1.82, 2.24) is 9.97 Å². The van der Waals surface area contributed by atoms with Crippen LogP contribution in [0.25, 0.3) is 0 Å². The molecule has 13 heavy (non-hydrogen) atoms. The molecule has 0 aromatic carbocycles. The van der Waals surface area contributed by atoms with E-state index in [1.807, 2.05) is 20.8 Å². The molecule has 0 aliphatic carbocycles. The number of rotatable bonds is 2. The molecule has 1 aromatic heterocycles. The number of H-pyrrole nitrogens is 1. The summed E-state index contributed by atoms with van der Waals surface area (Å²) in [5, 5.41) is 0. The highest BCUT2D eigenvalue weighted by atomic mass is 127. The van der Waals surface area contributed by atoms with E-state index in [1.54, 1.807) is 0 Å². The maximum atomic E-state index is 11.5.